The van der Waals surface area contributed by atoms with Gasteiger partial charge in [0.05, 0.1) is 22.2 Å². The maximum absolute atomic E-state index is 12.9. The number of carbonyl (C=O) groups is 9. The Hall–Kier alpha value is -9.77. The van der Waals surface area contributed by atoms with E-state index < -0.39 is 114 Å². The molecule has 2 aromatic heterocycles. The second-order valence-electron chi connectivity index (χ2n) is 18.6. The third-order valence-electron chi connectivity index (χ3n) is 12.1. The van der Waals surface area contributed by atoms with Crippen molar-refractivity contribution in [3.05, 3.63) is 62.5 Å². The summed E-state index contributed by atoms with van der Waals surface area (Å²) in [6, 6.07) is -1.49. The van der Waals surface area contributed by atoms with Gasteiger partial charge in [-0.25, -0.2) is 38.4 Å². The zero-order chi connectivity index (χ0) is 62.1. The Morgan fingerprint density at radius 1 is 0.595 bits per heavy atom. The van der Waals surface area contributed by atoms with Crippen LogP contribution in [0.1, 0.15) is 76.3 Å². The molecule has 1 aromatic carbocycles. The van der Waals surface area contributed by atoms with Crippen molar-refractivity contribution in [1.29, 1.82) is 0 Å². The zero-order valence-corrected chi connectivity index (χ0v) is 45.3. The van der Waals surface area contributed by atoms with Crippen molar-refractivity contribution in [3.63, 3.8) is 0 Å². The molecule has 0 saturated carbocycles. The predicted octanol–water partition coefficient (Wildman–Crippen LogP) is 1.34. The van der Waals surface area contributed by atoms with E-state index in [0.29, 0.717) is 37.4 Å². The number of halogens is 1. The molecule has 0 aliphatic heterocycles. The first-order valence-electron chi connectivity index (χ1n) is 26.3. The quantitative estimate of drug-likeness (QED) is 0.0216. The molecule has 0 bridgehead atoms. The van der Waals surface area contributed by atoms with Gasteiger partial charge in [-0.15, -0.1) is 5.10 Å². The molecule has 15 N–H and O–H groups in total. The van der Waals surface area contributed by atoms with Crippen LogP contribution in [0, 0.1) is 20.2 Å². The smallest absolute Gasteiger partial charge is 0.326 e. The Kier molecular flexibility index (Phi) is 29.8. The third-order valence-corrected chi connectivity index (χ3v) is 12.1. The van der Waals surface area contributed by atoms with Crippen LogP contribution in [0.3, 0.4) is 0 Å². The lowest BCUT2D eigenvalue weighted by Crippen LogP contribution is -2.51. The highest BCUT2D eigenvalue weighted by molar-refractivity contribution is 5.87. The predicted molar refractivity (Wildman–Crippen MR) is 292 cm³/mol. The van der Waals surface area contributed by atoms with Crippen LogP contribution in [0.4, 0.5) is 48.4 Å². The number of nitrogens with zero attached hydrogens (tertiary/aromatic N) is 7. The molecule has 35 nitrogen and oxygen atoms in total. The van der Waals surface area contributed by atoms with Crippen LogP contribution in [0.25, 0.3) is 0 Å². The normalized spacial score (nSPS) is 12.3. The van der Waals surface area contributed by atoms with Gasteiger partial charge in [-0.3, -0.25) is 43.9 Å². The van der Waals surface area contributed by atoms with Crippen LogP contribution < -0.4 is 47.9 Å². The van der Waals surface area contributed by atoms with Gasteiger partial charge in [0.15, 0.2) is 0 Å². The number of carboxylic acid groups (broad SMARTS) is 6. The molecule has 0 aliphatic carbocycles. The number of carboxylic acids is 6. The Morgan fingerprint density at radius 2 is 1.10 bits per heavy atom. The molecule has 36 heteroatoms. The van der Waals surface area contributed by atoms with Crippen molar-refractivity contribution in [3.8, 4) is 0 Å². The van der Waals surface area contributed by atoms with Crippen LogP contribution in [0.15, 0.2) is 36.5 Å². The fourth-order valence-electron chi connectivity index (χ4n) is 7.80. The highest BCUT2D eigenvalue weighted by Gasteiger charge is 2.27. The largest absolute Gasteiger partial charge is 0.481 e. The first kappa shape index (κ1) is 68.5. The van der Waals surface area contributed by atoms with Gasteiger partial charge in [0, 0.05) is 89.2 Å². The first-order chi connectivity index (χ1) is 39.9. The summed E-state index contributed by atoms with van der Waals surface area (Å²) < 4.78 is 14.0. The van der Waals surface area contributed by atoms with Gasteiger partial charge in [-0.05, 0) is 82.4 Å². The van der Waals surface area contributed by atoms with Crippen LogP contribution in [0.2, 0.25) is 0 Å². The van der Waals surface area contributed by atoms with E-state index in [1.165, 1.54) is 35.0 Å². The van der Waals surface area contributed by atoms with E-state index in [9.17, 15) is 88.2 Å². The maximum atomic E-state index is 12.9. The van der Waals surface area contributed by atoms with Crippen molar-refractivity contribution in [2.24, 2.45) is 0 Å². The fourth-order valence-corrected chi connectivity index (χ4v) is 7.80. The number of rotatable bonds is 44. The van der Waals surface area contributed by atoms with E-state index in [0.717, 1.165) is 0 Å². The number of nitro groups is 2. The molecule has 0 aliphatic rings. The topological polar surface area (TPSA) is 516 Å². The monoisotopic (exact) mass is 1190 g/mol. The lowest BCUT2D eigenvalue weighted by atomic mass is 10.1. The van der Waals surface area contributed by atoms with E-state index in [1.807, 2.05) is 15.5 Å². The van der Waals surface area contributed by atoms with Crippen molar-refractivity contribution >= 4 is 88.2 Å². The lowest BCUT2D eigenvalue weighted by molar-refractivity contribution is -0.384. The molecular formula is C48H69FN16O19. The van der Waals surface area contributed by atoms with E-state index in [1.54, 1.807) is 6.20 Å². The minimum atomic E-state index is -1.59. The van der Waals surface area contributed by atoms with Crippen molar-refractivity contribution in [2.75, 3.05) is 80.3 Å². The van der Waals surface area contributed by atoms with Gasteiger partial charge in [-0.1, -0.05) is 5.21 Å². The summed E-state index contributed by atoms with van der Waals surface area (Å²) in [7, 11) is 0. The minimum Gasteiger partial charge on any atom is -0.481 e. The van der Waals surface area contributed by atoms with Gasteiger partial charge < -0.3 is 78.5 Å². The molecule has 5 amide bonds. The Bertz CT molecular complexity index is 2590. The van der Waals surface area contributed by atoms with Crippen LogP contribution in [0.5, 0.6) is 0 Å². The van der Waals surface area contributed by atoms with E-state index in [4.69, 9.17) is 10.2 Å². The SMILES string of the molecule is O=C(O)CCC(NC(=O)N[C@@H](CCCCNc1cc(NCCN(CCNC(=O)Cn2cc(CCCF)nn2)CCNc2ccc([N+](=O)[O-])c(NCCCC[C@H](NC(=O)NC(CCC(=O)O)C(=O)O)C(=O)O)n2)ccc1[N+](=O)[O-])C(=O)O)C(=O)O. The first-order valence-corrected chi connectivity index (χ1v) is 26.3. The number of aryl methyl sites for hydroxylation is 1. The number of carbonyl (C=O) groups excluding carboxylic acids is 3. The van der Waals surface area contributed by atoms with Crippen LogP contribution >= 0.6 is 0 Å². The molecule has 3 aromatic rings. The van der Waals surface area contributed by atoms with Gasteiger partial charge in [0.25, 0.3) is 5.69 Å². The molecule has 3 rings (SSSR count). The average molecular weight is 1190 g/mol. The summed E-state index contributed by atoms with van der Waals surface area (Å²) in [6.45, 7) is 1.06. The minimum absolute atomic E-state index is 0.0688. The van der Waals surface area contributed by atoms with E-state index in [-0.39, 0.29) is 119 Å². The zero-order valence-electron chi connectivity index (χ0n) is 45.3. The summed E-state index contributed by atoms with van der Waals surface area (Å²) in [4.78, 5) is 135. The number of benzene rings is 1. The number of nitrogens with one attached hydrogen (secondary N) is 9. The summed E-state index contributed by atoms with van der Waals surface area (Å²) in [5.41, 5.74) is 0.478. The second-order valence-corrected chi connectivity index (χ2v) is 18.6. The lowest BCUT2D eigenvalue weighted by Gasteiger charge is -2.23. The summed E-state index contributed by atoms with van der Waals surface area (Å²) >= 11 is 0. The Balaban J connectivity index is 1.63. The Labute approximate surface area is 477 Å². The molecule has 462 valence electrons. The molecule has 2 heterocycles. The number of hydrogen-bond acceptors (Lipinski definition) is 21. The van der Waals surface area contributed by atoms with E-state index in [2.05, 4.69) is 52.5 Å². The number of alkyl halides is 1. The number of urea groups is 2. The number of amides is 5. The number of hydrogen-bond donors (Lipinski definition) is 15. The van der Waals surface area contributed by atoms with E-state index >= 15 is 0 Å². The third kappa shape index (κ3) is 26.7. The number of anilines is 4. The summed E-state index contributed by atoms with van der Waals surface area (Å²) in [5.74, 6) is -8.75. The number of pyridine rings is 1. The van der Waals surface area contributed by atoms with Gasteiger partial charge >= 0.3 is 53.6 Å². The van der Waals surface area contributed by atoms with Crippen LogP contribution in [-0.4, -0.2) is 202 Å². The number of aliphatic carboxylic acids is 6. The summed E-state index contributed by atoms with van der Waals surface area (Å²) in [5, 5.41) is 111. The second kappa shape index (κ2) is 36.6. The molecule has 0 fully saturated rings. The highest BCUT2D eigenvalue weighted by Crippen LogP contribution is 2.28. The van der Waals surface area contributed by atoms with Gasteiger partial charge in [0.2, 0.25) is 11.7 Å². The average Bonchev–Trinajstić information content (AvgIpc) is 3.99. The fraction of sp³-hybridized carbons (Fsp3) is 0.542. The molecular weight excluding hydrogens is 1120 g/mol. The molecule has 2 unspecified atom stereocenters. The molecule has 4 atom stereocenters. The van der Waals surface area contributed by atoms with Crippen LogP contribution in [-0.2, 0) is 46.5 Å². The molecule has 0 saturated heterocycles. The maximum Gasteiger partial charge on any atom is 0.326 e. The highest BCUT2D eigenvalue weighted by atomic mass is 19.1. The van der Waals surface area contributed by atoms with Crippen molar-refractivity contribution < 1.29 is 88.0 Å². The molecule has 0 radical (unpaired) electrons. The van der Waals surface area contributed by atoms with Crippen molar-refractivity contribution in [1.82, 2.24) is 51.5 Å². The summed E-state index contributed by atoms with van der Waals surface area (Å²) in [6.07, 6.45) is 0.754. The number of unbranched alkanes of at least 4 members (excludes halogenated alkanes) is 2. The molecule has 0 spiro atoms. The number of aromatic nitrogens is 4. The van der Waals surface area contributed by atoms with Crippen molar-refractivity contribution in [2.45, 2.75) is 108 Å². The Morgan fingerprint density at radius 3 is 1.61 bits per heavy atom. The van der Waals surface area contributed by atoms with Gasteiger partial charge in [-0.2, -0.15) is 0 Å². The van der Waals surface area contributed by atoms with Gasteiger partial charge in [0.1, 0.15) is 42.2 Å². The molecule has 84 heavy (non-hydrogen) atoms. The number of nitro benzene ring substituents is 1. The standard InChI is InChI=1S/C48H69FN16O19/c49-17-5-6-30-27-63(61-60-30)28-39(66)53-22-25-62(23-20-50-29-9-12-36(64(81)82)35(26-29)51-18-3-1-7-31(43(71)72)55-47(79)57-33(45(75)76)10-15-40(67)68)24-21-52-38-14-13-37(65(83)84)42(59-38)54-19-4-2-8-32(44(73)74)56-48(80)58-34(46(77)78)11-16-41(69)70/h9,12-14,26-27,31-34,50-51H,1-8,10-11,15-25,28H2,(H,53,66)(H,67,68)(H,69,70)(H,71,72)(H,73,74)(H,75,76)(H,77,78)(H2,52,54,59)(H2,55,57,79)(H2,56,58,80)/t31-,32-,33?,34?/m0/s1.